The number of aryl methyl sites for hydroxylation is 2. The lowest BCUT2D eigenvalue weighted by molar-refractivity contribution is -0.135. The summed E-state index contributed by atoms with van der Waals surface area (Å²) in [6, 6.07) is 7.78. The first-order chi connectivity index (χ1) is 20.1. The molecule has 1 fully saturated rings. The van der Waals surface area contributed by atoms with Gasteiger partial charge in [0.15, 0.2) is 0 Å². The number of amides is 2. The van der Waals surface area contributed by atoms with Crippen molar-refractivity contribution in [1.82, 2.24) is 19.6 Å². The summed E-state index contributed by atoms with van der Waals surface area (Å²) in [7, 11) is 1.77. The molecule has 1 saturated heterocycles. The number of halogens is 2. The van der Waals surface area contributed by atoms with E-state index in [1.165, 1.54) is 0 Å². The van der Waals surface area contributed by atoms with Gasteiger partial charge in [0.1, 0.15) is 0 Å². The molecule has 2 aromatic carbocycles. The van der Waals surface area contributed by atoms with Gasteiger partial charge in [0.05, 0.1) is 12.3 Å². The van der Waals surface area contributed by atoms with E-state index in [-0.39, 0.29) is 23.3 Å². The SMILES string of the molecule is CC(=O)N1Cc2cc(C3CCN(CC(C)O)C(=O)C3)cc(N3CCCc4cc(-c5cnn(C)c5)c(C(F)F)cc43)c2C1. The monoisotopic (exact) mass is 577 g/mol. The molecule has 1 N–H and O–H groups in total. The lowest BCUT2D eigenvalue weighted by atomic mass is 9.86. The van der Waals surface area contributed by atoms with E-state index in [4.69, 9.17) is 0 Å². The quantitative estimate of drug-likeness (QED) is 0.443. The fourth-order valence-corrected chi connectivity index (χ4v) is 6.78. The number of alkyl halides is 2. The van der Waals surface area contributed by atoms with Crippen LogP contribution in [0.3, 0.4) is 0 Å². The molecule has 0 spiro atoms. The van der Waals surface area contributed by atoms with Gasteiger partial charge in [0.2, 0.25) is 11.8 Å². The largest absolute Gasteiger partial charge is 0.392 e. The molecule has 3 aliphatic rings. The Bertz CT molecular complexity index is 1530. The molecule has 6 rings (SSSR count). The van der Waals surface area contributed by atoms with E-state index >= 15 is 0 Å². The number of benzene rings is 2. The molecule has 2 amide bonds. The van der Waals surface area contributed by atoms with Crippen molar-refractivity contribution in [2.75, 3.05) is 24.5 Å². The van der Waals surface area contributed by atoms with E-state index in [1.54, 1.807) is 53.8 Å². The fourth-order valence-electron chi connectivity index (χ4n) is 6.78. The predicted molar refractivity (Wildman–Crippen MR) is 156 cm³/mol. The van der Waals surface area contributed by atoms with E-state index in [2.05, 4.69) is 22.1 Å². The molecule has 3 aliphatic heterocycles. The van der Waals surface area contributed by atoms with Crippen LogP contribution in [0.4, 0.5) is 20.2 Å². The maximum atomic E-state index is 14.5. The summed E-state index contributed by atoms with van der Waals surface area (Å²) in [5.41, 5.74) is 6.97. The second-order valence-corrected chi connectivity index (χ2v) is 12.0. The Morgan fingerprint density at radius 1 is 1.12 bits per heavy atom. The van der Waals surface area contributed by atoms with Crippen LogP contribution in [-0.4, -0.2) is 62.2 Å². The molecule has 0 bridgehead atoms. The number of nitrogens with zero attached hydrogens (tertiary/aromatic N) is 5. The average molecular weight is 578 g/mol. The molecule has 8 nitrogen and oxygen atoms in total. The Morgan fingerprint density at radius 3 is 2.60 bits per heavy atom. The van der Waals surface area contributed by atoms with Gasteiger partial charge in [-0.3, -0.25) is 14.3 Å². The number of hydrogen-bond donors (Lipinski definition) is 1. The molecule has 0 aliphatic carbocycles. The molecule has 0 radical (unpaired) electrons. The number of piperidine rings is 1. The van der Waals surface area contributed by atoms with Crippen LogP contribution in [0, 0.1) is 0 Å². The highest BCUT2D eigenvalue weighted by molar-refractivity contribution is 5.81. The van der Waals surface area contributed by atoms with E-state index in [0.29, 0.717) is 50.3 Å². The first kappa shape index (κ1) is 28.3. The fraction of sp³-hybridized carbons (Fsp3) is 0.469. The summed E-state index contributed by atoms with van der Waals surface area (Å²) >= 11 is 0. The molecular weight excluding hydrogens is 540 g/mol. The molecule has 2 unspecified atom stereocenters. The smallest absolute Gasteiger partial charge is 0.264 e. The molecule has 2 atom stereocenters. The van der Waals surface area contributed by atoms with Crippen molar-refractivity contribution in [2.45, 2.75) is 71.1 Å². The van der Waals surface area contributed by atoms with Crippen LogP contribution in [0.25, 0.3) is 11.1 Å². The van der Waals surface area contributed by atoms with Crippen molar-refractivity contribution in [1.29, 1.82) is 0 Å². The van der Waals surface area contributed by atoms with Crippen LogP contribution < -0.4 is 4.90 Å². The Balaban J connectivity index is 1.42. The Morgan fingerprint density at radius 2 is 1.93 bits per heavy atom. The minimum atomic E-state index is -2.66. The van der Waals surface area contributed by atoms with Gasteiger partial charge in [-0.1, -0.05) is 6.07 Å². The number of likely N-dealkylation sites (tertiary alicyclic amines) is 1. The van der Waals surface area contributed by atoms with E-state index in [9.17, 15) is 23.5 Å². The van der Waals surface area contributed by atoms with E-state index < -0.39 is 12.5 Å². The summed E-state index contributed by atoms with van der Waals surface area (Å²) in [5.74, 6) is 0.0138. The minimum Gasteiger partial charge on any atom is -0.392 e. The molecule has 0 saturated carbocycles. The zero-order chi connectivity index (χ0) is 29.7. The molecule has 3 aromatic rings. The lowest BCUT2D eigenvalue weighted by Crippen LogP contribution is -2.41. The predicted octanol–water partition coefficient (Wildman–Crippen LogP) is 5.06. The molecule has 4 heterocycles. The van der Waals surface area contributed by atoms with Crippen LogP contribution in [-0.2, 0) is 36.1 Å². The molecule has 1 aromatic heterocycles. The van der Waals surface area contributed by atoms with Crippen molar-refractivity contribution < 1.29 is 23.5 Å². The number of carbonyl (C=O) groups is 2. The van der Waals surface area contributed by atoms with Crippen LogP contribution in [0.1, 0.15) is 73.3 Å². The van der Waals surface area contributed by atoms with E-state index in [0.717, 1.165) is 52.9 Å². The summed E-state index contributed by atoms with van der Waals surface area (Å²) in [6.07, 6.45) is 2.90. The van der Waals surface area contributed by atoms with Crippen LogP contribution >= 0.6 is 0 Å². The Kier molecular flexibility index (Phi) is 7.51. The molecule has 222 valence electrons. The highest BCUT2D eigenvalue weighted by Crippen LogP contribution is 2.45. The summed E-state index contributed by atoms with van der Waals surface area (Å²) in [4.78, 5) is 31.0. The van der Waals surface area contributed by atoms with Gasteiger partial charge >= 0.3 is 0 Å². The van der Waals surface area contributed by atoms with Crippen molar-refractivity contribution in [3.63, 3.8) is 0 Å². The summed E-state index contributed by atoms with van der Waals surface area (Å²) in [6.45, 7) is 5.77. The lowest BCUT2D eigenvalue weighted by Gasteiger charge is -2.36. The van der Waals surface area contributed by atoms with Crippen LogP contribution in [0.5, 0.6) is 0 Å². The van der Waals surface area contributed by atoms with Gasteiger partial charge < -0.3 is 19.8 Å². The number of hydrogen-bond acceptors (Lipinski definition) is 5. The highest BCUT2D eigenvalue weighted by atomic mass is 19.3. The molecule has 42 heavy (non-hydrogen) atoms. The third kappa shape index (κ3) is 5.28. The number of fused-ring (bicyclic) bond motifs is 2. The van der Waals surface area contributed by atoms with Crippen LogP contribution in [0.2, 0.25) is 0 Å². The first-order valence-corrected chi connectivity index (χ1v) is 14.7. The average Bonchev–Trinajstić information content (AvgIpc) is 3.59. The van der Waals surface area contributed by atoms with Gasteiger partial charge in [-0.05, 0) is 72.6 Å². The van der Waals surface area contributed by atoms with Crippen LogP contribution in [0.15, 0.2) is 36.7 Å². The maximum absolute atomic E-state index is 14.5. The van der Waals surface area contributed by atoms with Gasteiger partial charge in [-0.2, -0.15) is 5.10 Å². The molecular formula is C32H37F2N5O3. The Hall–Kier alpha value is -3.79. The zero-order valence-corrected chi connectivity index (χ0v) is 24.3. The molecule has 10 heteroatoms. The number of β-amino-alcohol motifs (C(OH)–C–C–N with tert-alkyl or cyclic N) is 1. The summed E-state index contributed by atoms with van der Waals surface area (Å²) in [5, 5.41) is 14.0. The second-order valence-electron chi connectivity index (χ2n) is 12.0. The zero-order valence-electron chi connectivity index (χ0n) is 24.3. The van der Waals surface area contributed by atoms with Gasteiger partial charge in [-0.25, -0.2) is 8.78 Å². The number of aromatic nitrogens is 2. The normalized spacial score (nSPS) is 19.4. The van der Waals surface area contributed by atoms with E-state index in [1.807, 2.05) is 6.07 Å². The maximum Gasteiger partial charge on any atom is 0.264 e. The van der Waals surface area contributed by atoms with Gasteiger partial charge in [0.25, 0.3) is 6.43 Å². The number of rotatable bonds is 6. The number of aliphatic hydroxyl groups is 1. The van der Waals surface area contributed by atoms with Crippen molar-refractivity contribution in [3.05, 3.63) is 64.5 Å². The van der Waals surface area contributed by atoms with Gasteiger partial charge in [-0.15, -0.1) is 0 Å². The Labute approximate surface area is 244 Å². The number of anilines is 2. The topological polar surface area (TPSA) is 81.9 Å². The third-order valence-electron chi connectivity index (χ3n) is 8.89. The first-order valence-electron chi connectivity index (χ1n) is 14.7. The second kappa shape index (κ2) is 11.1. The van der Waals surface area contributed by atoms with Crippen molar-refractivity contribution in [2.24, 2.45) is 7.05 Å². The summed E-state index contributed by atoms with van der Waals surface area (Å²) < 4.78 is 30.6. The standard InChI is InChI=1S/C32H37F2N5O3/c1-19(40)15-37-8-6-21(12-31(37)42)23-9-24-17-38(20(2)41)18-28(24)30(11-23)39-7-4-5-22-10-26(25-14-35-36(3)16-25)27(32(33)34)13-29(22)39/h9-11,13-14,16,19,21,32,40H,4-8,12,15,17-18H2,1-3H3. The number of carbonyl (C=O) groups excluding carboxylic acids is 2. The van der Waals surface area contributed by atoms with Crippen molar-refractivity contribution in [3.8, 4) is 11.1 Å². The van der Waals surface area contributed by atoms with Gasteiger partial charge in [0, 0.05) is 87.4 Å². The van der Waals surface area contributed by atoms with Crippen molar-refractivity contribution >= 4 is 23.2 Å². The highest BCUT2D eigenvalue weighted by Gasteiger charge is 2.33. The third-order valence-corrected chi connectivity index (χ3v) is 8.89. The minimum absolute atomic E-state index is 0.00650. The number of aliphatic hydroxyl groups excluding tert-OH is 1.